The molecule has 0 amide bonds. The zero-order valence-electron chi connectivity index (χ0n) is 12.6. The van der Waals surface area contributed by atoms with Crippen molar-refractivity contribution >= 4 is 5.69 Å². The van der Waals surface area contributed by atoms with Crippen molar-refractivity contribution in [3.8, 4) is 0 Å². The molecule has 0 spiro atoms. The molecule has 0 bridgehead atoms. The molecule has 0 aromatic heterocycles. The molecule has 1 atom stereocenters. The van der Waals surface area contributed by atoms with Gasteiger partial charge in [0.25, 0.3) is 5.69 Å². The van der Waals surface area contributed by atoms with Gasteiger partial charge >= 0.3 is 0 Å². The molecule has 4 heteroatoms. The Labute approximate surface area is 120 Å². The Morgan fingerprint density at radius 2 is 2.10 bits per heavy atom. The molecule has 1 aromatic rings. The number of nitro benzene ring substituents is 1. The highest BCUT2D eigenvalue weighted by Gasteiger charge is 2.45. The van der Waals surface area contributed by atoms with Gasteiger partial charge in [-0.3, -0.25) is 10.1 Å². The maximum atomic E-state index is 10.9. The van der Waals surface area contributed by atoms with Crippen LogP contribution < -0.4 is 5.32 Å². The number of hydrogen-bond donors (Lipinski definition) is 1. The maximum absolute atomic E-state index is 10.9. The average Bonchev–Trinajstić information content (AvgIpc) is 3.21. The number of nitrogens with one attached hydrogen (secondary N) is 1. The molecule has 110 valence electrons. The molecule has 1 saturated carbocycles. The molecule has 0 radical (unpaired) electrons. The molecule has 20 heavy (non-hydrogen) atoms. The van der Waals surface area contributed by atoms with Crippen molar-refractivity contribution in [3.05, 3.63) is 39.9 Å². The van der Waals surface area contributed by atoms with E-state index in [4.69, 9.17) is 0 Å². The predicted octanol–water partition coefficient (Wildman–Crippen LogP) is 4.07. The lowest BCUT2D eigenvalue weighted by Gasteiger charge is -2.24. The largest absolute Gasteiger partial charge is 0.309 e. The first kappa shape index (κ1) is 15.0. The van der Waals surface area contributed by atoms with Crippen molar-refractivity contribution in [2.45, 2.75) is 46.1 Å². The van der Waals surface area contributed by atoms with Crippen LogP contribution in [-0.4, -0.2) is 11.5 Å². The minimum absolute atomic E-state index is 0.174. The highest BCUT2D eigenvalue weighted by molar-refractivity contribution is 5.35. The molecule has 1 aliphatic rings. The van der Waals surface area contributed by atoms with Crippen molar-refractivity contribution in [2.24, 2.45) is 11.3 Å². The molecule has 0 heterocycles. The lowest BCUT2D eigenvalue weighted by molar-refractivity contribution is -0.384. The van der Waals surface area contributed by atoms with E-state index in [1.807, 2.05) is 6.07 Å². The minimum Gasteiger partial charge on any atom is -0.309 e. The van der Waals surface area contributed by atoms with Gasteiger partial charge in [0.1, 0.15) is 0 Å². The molecule has 1 aromatic carbocycles. The van der Waals surface area contributed by atoms with E-state index in [1.54, 1.807) is 18.2 Å². The molecular formula is C16H24N2O2. The normalized spacial score (nSPS) is 18.0. The van der Waals surface area contributed by atoms with Crippen LogP contribution in [0.25, 0.3) is 0 Å². The van der Waals surface area contributed by atoms with Gasteiger partial charge in [0.2, 0.25) is 0 Å². The van der Waals surface area contributed by atoms with Crippen LogP contribution >= 0.6 is 0 Å². The van der Waals surface area contributed by atoms with Gasteiger partial charge in [0, 0.05) is 24.7 Å². The van der Waals surface area contributed by atoms with Crippen LogP contribution in [0.2, 0.25) is 0 Å². The fourth-order valence-corrected chi connectivity index (χ4v) is 2.80. The van der Waals surface area contributed by atoms with E-state index in [1.165, 1.54) is 12.8 Å². The van der Waals surface area contributed by atoms with E-state index in [-0.39, 0.29) is 16.7 Å². The molecule has 1 unspecified atom stereocenters. The molecule has 0 aliphatic heterocycles. The van der Waals surface area contributed by atoms with Crippen molar-refractivity contribution < 1.29 is 4.92 Å². The Hall–Kier alpha value is -1.42. The van der Waals surface area contributed by atoms with E-state index in [9.17, 15) is 10.1 Å². The summed E-state index contributed by atoms with van der Waals surface area (Å²) in [6.07, 6.45) is 3.53. The first-order valence-corrected chi connectivity index (χ1v) is 7.46. The van der Waals surface area contributed by atoms with Crippen molar-refractivity contribution in [2.75, 3.05) is 6.54 Å². The summed E-state index contributed by atoms with van der Waals surface area (Å²) in [5.74, 6) is 0.692. The smallest absolute Gasteiger partial charge is 0.269 e. The van der Waals surface area contributed by atoms with Crippen LogP contribution in [0.15, 0.2) is 24.3 Å². The Bertz CT molecular complexity index is 481. The van der Waals surface area contributed by atoms with Gasteiger partial charge < -0.3 is 5.32 Å². The summed E-state index contributed by atoms with van der Waals surface area (Å²) < 4.78 is 0. The standard InChI is InChI=1S/C16H24N2O2/c1-4-15(17-11-16(8-9-16)12(2)3)13-6-5-7-14(10-13)18(19)20/h5-7,10,12,15,17H,4,8-9,11H2,1-3H3. The second-order valence-electron chi connectivity index (χ2n) is 6.21. The number of benzene rings is 1. The van der Waals surface area contributed by atoms with Crippen LogP contribution in [0.4, 0.5) is 5.69 Å². The Morgan fingerprint density at radius 3 is 2.60 bits per heavy atom. The Morgan fingerprint density at radius 1 is 1.40 bits per heavy atom. The Balaban J connectivity index is 2.05. The quantitative estimate of drug-likeness (QED) is 0.603. The molecule has 1 aliphatic carbocycles. The third-order valence-corrected chi connectivity index (χ3v) is 4.71. The first-order chi connectivity index (χ1) is 9.48. The van der Waals surface area contributed by atoms with E-state index >= 15 is 0 Å². The highest BCUT2D eigenvalue weighted by atomic mass is 16.6. The van der Waals surface area contributed by atoms with Gasteiger partial charge in [-0.05, 0) is 36.2 Å². The Kier molecular flexibility index (Phi) is 4.43. The summed E-state index contributed by atoms with van der Waals surface area (Å²) in [7, 11) is 0. The number of non-ortho nitro benzene ring substituents is 1. The van der Waals surface area contributed by atoms with Crippen molar-refractivity contribution in [1.82, 2.24) is 5.32 Å². The average molecular weight is 276 g/mol. The summed E-state index contributed by atoms with van der Waals surface area (Å²) in [6.45, 7) is 7.68. The third kappa shape index (κ3) is 3.18. The van der Waals surface area contributed by atoms with Crippen LogP contribution in [0, 0.1) is 21.4 Å². The van der Waals surface area contributed by atoms with Gasteiger partial charge in [0.05, 0.1) is 4.92 Å². The van der Waals surface area contributed by atoms with E-state index < -0.39 is 0 Å². The topological polar surface area (TPSA) is 55.2 Å². The van der Waals surface area contributed by atoms with Crippen molar-refractivity contribution in [1.29, 1.82) is 0 Å². The van der Waals surface area contributed by atoms with Gasteiger partial charge in [-0.15, -0.1) is 0 Å². The monoisotopic (exact) mass is 276 g/mol. The lowest BCUT2D eigenvalue weighted by Crippen LogP contribution is -2.30. The second kappa shape index (κ2) is 5.92. The molecular weight excluding hydrogens is 252 g/mol. The fraction of sp³-hybridized carbons (Fsp3) is 0.625. The molecule has 1 fully saturated rings. The fourth-order valence-electron chi connectivity index (χ4n) is 2.80. The minimum atomic E-state index is -0.327. The van der Waals surface area contributed by atoms with Crippen LogP contribution in [-0.2, 0) is 0 Å². The predicted molar refractivity (Wildman–Crippen MR) is 80.6 cm³/mol. The summed E-state index contributed by atoms with van der Waals surface area (Å²) in [5, 5.41) is 14.5. The summed E-state index contributed by atoms with van der Waals surface area (Å²) >= 11 is 0. The number of rotatable bonds is 7. The van der Waals surface area contributed by atoms with E-state index in [2.05, 4.69) is 26.1 Å². The van der Waals surface area contributed by atoms with E-state index in [0.29, 0.717) is 11.3 Å². The number of nitrogens with zero attached hydrogens (tertiary/aromatic N) is 1. The summed E-state index contributed by atoms with van der Waals surface area (Å²) in [4.78, 5) is 10.5. The molecule has 4 nitrogen and oxygen atoms in total. The van der Waals surface area contributed by atoms with Gasteiger partial charge in [-0.1, -0.05) is 32.9 Å². The number of nitro groups is 1. The molecule has 0 saturated heterocycles. The third-order valence-electron chi connectivity index (χ3n) is 4.71. The van der Waals surface area contributed by atoms with Gasteiger partial charge in [0.15, 0.2) is 0 Å². The number of hydrogen-bond acceptors (Lipinski definition) is 3. The molecule has 2 rings (SSSR count). The van der Waals surface area contributed by atoms with Gasteiger partial charge in [-0.2, -0.15) is 0 Å². The van der Waals surface area contributed by atoms with Crippen molar-refractivity contribution in [3.63, 3.8) is 0 Å². The zero-order valence-corrected chi connectivity index (χ0v) is 12.6. The zero-order chi connectivity index (χ0) is 14.8. The van der Waals surface area contributed by atoms with Crippen LogP contribution in [0.1, 0.15) is 51.6 Å². The SMILES string of the molecule is CCC(NCC1(C(C)C)CC1)c1cccc([N+](=O)[O-])c1. The van der Waals surface area contributed by atoms with Gasteiger partial charge in [-0.25, -0.2) is 0 Å². The summed E-state index contributed by atoms with van der Waals surface area (Å²) in [6, 6.07) is 7.19. The van der Waals surface area contributed by atoms with Crippen LogP contribution in [0.3, 0.4) is 0 Å². The molecule has 1 N–H and O–H groups in total. The van der Waals surface area contributed by atoms with Crippen LogP contribution in [0.5, 0.6) is 0 Å². The second-order valence-corrected chi connectivity index (χ2v) is 6.21. The van der Waals surface area contributed by atoms with E-state index in [0.717, 1.165) is 18.5 Å². The first-order valence-electron chi connectivity index (χ1n) is 7.46. The highest BCUT2D eigenvalue weighted by Crippen LogP contribution is 2.51. The lowest BCUT2D eigenvalue weighted by atomic mass is 9.91. The maximum Gasteiger partial charge on any atom is 0.269 e. The summed E-state index contributed by atoms with van der Waals surface area (Å²) in [5.41, 5.74) is 1.64.